The lowest BCUT2D eigenvalue weighted by molar-refractivity contribution is -0.139. The van der Waals surface area contributed by atoms with E-state index in [1.807, 2.05) is 0 Å². The number of nitrogens with zero attached hydrogens (tertiary/aromatic N) is 1. The first-order valence-corrected chi connectivity index (χ1v) is 8.55. The van der Waals surface area contributed by atoms with Crippen molar-refractivity contribution in [2.24, 2.45) is 5.92 Å². The standard InChI is InChI=1S/C16H27N3O2/c20-15(16(21)18-13-5-6-13)17-11-12-7-9-19(10-8-12)14-3-1-2-4-14/h12-14H,1-11H2,(H,17,20)(H,18,21). The normalized spacial score (nSPS) is 25.0. The van der Waals surface area contributed by atoms with Gasteiger partial charge in [0, 0.05) is 18.6 Å². The Bertz CT molecular complexity index is 381. The SMILES string of the molecule is O=C(NCC1CCN(C2CCCC2)CC1)C(=O)NC1CC1. The van der Waals surface area contributed by atoms with Gasteiger partial charge in [-0.15, -0.1) is 0 Å². The number of hydrogen-bond acceptors (Lipinski definition) is 3. The maximum absolute atomic E-state index is 11.7. The molecule has 2 aliphatic carbocycles. The Morgan fingerprint density at radius 3 is 2.19 bits per heavy atom. The Kier molecular flexibility index (Phi) is 4.78. The summed E-state index contributed by atoms with van der Waals surface area (Å²) in [6.45, 7) is 2.95. The van der Waals surface area contributed by atoms with Crippen molar-refractivity contribution in [2.75, 3.05) is 19.6 Å². The van der Waals surface area contributed by atoms with E-state index in [-0.39, 0.29) is 6.04 Å². The molecule has 0 radical (unpaired) electrons. The predicted molar refractivity (Wildman–Crippen MR) is 80.7 cm³/mol. The fraction of sp³-hybridized carbons (Fsp3) is 0.875. The number of carbonyl (C=O) groups excluding carboxylic acids is 2. The lowest BCUT2D eigenvalue weighted by atomic mass is 9.95. The molecule has 0 aromatic rings. The molecule has 0 atom stereocenters. The largest absolute Gasteiger partial charge is 0.348 e. The fourth-order valence-electron chi connectivity index (χ4n) is 3.59. The molecule has 0 aromatic heterocycles. The van der Waals surface area contributed by atoms with E-state index in [0.717, 1.165) is 44.8 Å². The van der Waals surface area contributed by atoms with Gasteiger partial charge in [-0.3, -0.25) is 9.59 Å². The van der Waals surface area contributed by atoms with E-state index in [1.54, 1.807) is 0 Å². The van der Waals surface area contributed by atoms with Crippen molar-refractivity contribution in [3.8, 4) is 0 Å². The van der Waals surface area contributed by atoms with E-state index < -0.39 is 11.8 Å². The Hall–Kier alpha value is -1.10. The zero-order valence-corrected chi connectivity index (χ0v) is 12.8. The minimum Gasteiger partial charge on any atom is -0.348 e. The fourth-order valence-corrected chi connectivity index (χ4v) is 3.59. The molecule has 5 heteroatoms. The van der Waals surface area contributed by atoms with Gasteiger partial charge in [0.1, 0.15) is 0 Å². The molecule has 3 fully saturated rings. The Morgan fingerprint density at radius 1 is 0.905 bits per heavy atom. The average Bonchev–Trinajstić information content (AvgIpc) is 3.15. The van der Waals surface area contributed by atoms with Crippen LogP contribution in [-0.2, 0) is 9.59 Å². The highest BCUT2D eigenvalue weighted by Gasteiger charge is 2.29. The number of likely N-dealkylation sites (tertiary alicyclic amines) is 1. The number of piperidine rings is 1. The smallest absolute Gasteiger partial charge is 0.309 e. The van der Waals surface area contributed by atoms with Gasteiger partial charge in [0.2, 0.25) is 0 Å². The minimum atomic E-state index is -0.458. The summed E-state index contributed by atoms with van der Waals surface area (Å²) in [5.74, 6) is -0.388. The first-order valence-electron chi connectivity index (χ1n) is 8.55. The van der Waals surface area contributed by atoms with E-state index in [9.17, 15) is 9.59 Å². The van der Waals surface area contributed by atoms with Gasteiger partial charge in [-0.1, -0.05) is 12.8 Å². The molecule has 0 unspecified atom stereocenters. The highest BCUT2D eigenvalue weighted by molar-refractivity contribution is 6.35. The Morgan fingerprint density at radius 2 is 1.57 bits per heavy atom. The highest BCUT2D eigenvalue weighted by atomic mass is 16.2. The van der Waals surface area contributed by atoms with Gasteiger partial charge in [-0.05, 0) is 57.5 Å². The first kappa shape index (κ1) is 14.8. The van der Waals surface area contributed by atoms with Crippen LogP contribution in [0.1, 0.15) is 51.4 Å². The van der Waals surface area contributed by atoms with Crippen LogP contribution in [0.5, 0.6) is 0 Å². The molecule has 0 bridgehead atoms. The van der Waals surface area contributed by atoms with Crippen LogP contribution in [0.3, 0.4) is 0 Å². The van der Waals surface area contributed by atoms with Crippen molar-refractivity contribution in [1.29, 1.82) is 0 Å². The molecule has 2 amide bonds. The van der Waals surface area contributed by atoms with Crippen molar-refractivity contribution in [3.63, 3.8) is 0 Å². The van der Waals surface area contributed by atoms with Gasteiger partial charge in [0.15, 0.2) is 0 Å². The number of hydrogen-bond donors (Lipinski definition) is 2. The Labute approximate surface area is 126 Å². The average molecular weight is 293 g/mol. The van der Waals surface area contributed by atoms with Crippen molar-refractivity contribution in [2.45, 2.75) is 63.5 Å². The second-order valence-corrected chi connectivity index (χ2v) is 6.88. The minimum absolute atomic E-state index is 0.248. The second kappa shape index (κ2) is 6.77. The summed E-state index contributed by atoms with van der Waals surface area (Å²) in [7, 11) is 0. The van der Waals surface area contributed by atoms with Crippen LogP contribution in [-0.4, -0.2) is 48.4 Å². The zero-order valence-electron chi connectivity index (χ0n) is 12.8. The third kappa shape index (κ3) is 4.19. The topological polar surface area (TPSA) is 61.4 Å². The van der Waals surface area contributed by atoms with Crippen LogP contribution in [0, 0.1) is 5.92 Å². The number of amides is 2. The quantitative estimate of drug-likeness (QED) is 0.761. The summed E-state index contributed by atoms with van der Waals surface area (Å²) in [5, 5.41) is 5.53. The van der Waals surface area contributed by atoms with E-state index in [1.165, 1.54) is 25.7 Å². The third-order valence-electron chi connectivity index (χ3n) is 5.16. The summed E-state index contributed by atoms with van der Waals surface area (Å²) in [4.78, 5) is 25.9. The lowest BCUT2D eigenvalue weighted by Gasteiger charge is -2.36. The second-order valence-electron chi connectivity index (χ2n) is 6.88. The third-order valence-corrected chi connectivity index (χ3v) is 5.16. The van der Waals surface area contributed by atoms with Gasteiger partial charge in [0.25, 0.3) is 0 Å². The monoisotopic (exact) mass is 293 g/mol. The number of rotatable bonds is 4. The molecule has 5 nitrogen and oxygen atoms in total. The molecule has 1 saturated heterocycles. The summed E-state index contributed by atoms with van der Waals surface area (Å²) in [5.41, 5.74) is 0. The van der Waals surface area contributed by atoms with Crippen LogP contribution in [0.4, 0.5) is 0 Å². The molecule has 3 rings (SSSR count). The van der Waals surface area contributed by atoms with Crippen LogP contribution in [0.25, 0.3) is 0 Å². The Balaban J connectivity index is 1.33. The van der Waals surface area contributed by atoms with E-state index in [0.29, 0.717) is 12.5 Å². The molecule has 3 aliphatic rings. The molecule has 1 aliphatic heterocycles. The number of carbonyl (C=O) groups is 2. The molecule has 21 heavy (non-hydrogen) atoms. The maximum Gasteiger partial charge on any atom is 0.309 e. The summed E-state index contributed by atoms with van der Waals surface area (Å²) in [6, 6.07) is 1.06. The van der Waals surface area contributed by atoms with Gasteiger partial charge in [-0.25, -0.2) is 0 Å². The van der Waals surface area contributed by atoms with Gasteiger partial charge < -0.3 is 15.5 Å². The molecular formula is C16H27N3O2. The van der Waals surface area contributed by atoms with Crippen molar-refractivity contribution >= 4 is 11.8 Å². The lowest BCUT2D eigenvalue weighted by Crippen LogP contribution is -2.45. The molecule has 0 spiro atoms. The molecule has 1 heterocycles. The predicted octanol–water partition coefficient (Wildman–Crippen LogP) is 1.04. The summed E-state index contributed by atoms with van der Waals surface area (Å²) in [6.07, 6.45) is 9.80. The number of nitrogens with one attached hydrogen (secondary N) is 2. The van der Waals surface area contributed by atoms with Gasteiger partial charge in [0.05, 0.1) is 0 Å². The molecule has 118 valence electrons. The molecule has 2 saturated carbocycles. The zero-order chi connectivity index (χ0) is 14.7. The van der Waals surface area contributed by atoms with Crippen molar-refractivity contribution < 1.29 is 9.59 Å². The van der Waals surface area contributed by atoms with E-state index in [4.69, 9.17) is 0 Å². The van der Waals surface area contributed by atoms with E-state index >= 15 is 0 Å². The van der Waals surface area contributed by atoms with Crippen molar-refractivity contribution in [3.05, 3.63) is 0 Å². The summed E-state index contributed by atoms with van der Waals surface area (Å²) >= 11 is 0. The van der Waals surface area contributed by atoms with Crippen LogP contribution < -0.4 is 10.6 Å². The summed E-state index contributed by atoms with van der Waals surface area (Å²) < 4.78 is 0. The van der Waals surface area contributed by atoms with Crippen LogP contribution in [0.2, 0.25) is 0 Å². The first-order chi connectivity index (χ1) is 10.2. The van der Waals surface area contributed by atoms with Crippen LogP contribution >= 0.6 is 0 Å². The molecular weight excluding hydrogens is 266 g/mol. The maximum atomic E-state index is 11.7. The van der Waals surface area contributed by atoms with Gasteiger partial charge >= 0.3 is 11.8 Å². The molecule has 0 aromatic carbocycles. The molecule has 2 N–H and O–H groups in total. The highest BCUT2D eigenvalue weighted by Crippen LogP contribution is 2.27. The van der Waals surface area contributed by atoms with Gasteiger partial charge in [-0.2, -0.15) is 0 Å². The van der Waals surface area contributed by atoms with Crippen molar-refractivity contribution in [1.82, 2.24) is 15.5 Å². The van der Waals surface area contributed by atoms with Crippen LogP contribution in [0.15, 0.2) is 0 Å². The van der Waals surface area contributed by atoms with E-state index in [2.05, 4.69) is 15.5 Å².